The molecule has 5 heteroatoms. The summed E-state index contributed by atoms with van der Waals surface area (Å²) in [7, 11) is 0. The monoisotopic (exact) mass is 302 g/mol. The van der Waals surface area contributed by atoms with Gasteiger partial charge in [-0.05, 0) is 42.4 Å². The Morgan fingerprint density at radius 1 is 1.19 bits per heavy atom. The van der Waals surface area contributed by atoms with Gasteiger partial charge in [0.25, 0.3) is 0 Å². The van der Waals surface area contributed by atoms with E-state index in [0.29, 0.717) is 11.3 Å². The minimum absolute atomic E-state index is 0.152. The van der Waals surface area contributed by atoms with E-state index in [9.17, 15) is 9.18 Å². The van der Waals surface area contributed by atoms with Crippen molar-refractivity contribution in [3.63, 3.8) is 0 Å². The van der Waals surface area contributed by atoms with Crippen molar-refractivity contribution < 1.29 is 9.18 Å². The number of thiocarbonyl (C=S) groups is 1. The lowest BCUT2D eigenvalue weighted by Crippen LogP contribution is -2.35. The van der Waals surface area contributed by atoms with Crippen molar-refractivity contribution in [2.45, 2.75) is 13.3 Å². The maximum atomic E-state index is 13.4. The molecule has 0 aliphatic carbocycles. The van der Waals surface area contributed by atoms with E-state index in [2.05, 4.69) is 10.6 Å². The van der Waals surface area contributed by atoms with E-state index in [0.717, 1.165) is 5.56 Å². The fraction of sp³-hybridized carbons (Fsp3) is 0.125. The second kappa shape index (κ2) is 6.95. The zero-order valence-corrected chi connectivity index (χ0v) is 12.3. The lowest BCUT2D eigenvalue weighted by molar-refractivity contribution is -0.119. The lowest BCUT2D eigenvalue weighted by Gasteiger charge is -2.10. The van der Waals surface area contributed by atoms with Gasteiger partial charge < -0.3 is 10.6 Å². The van der Waals surface area contributed by atoms with Crippen molar-refractivity contribution in [1.29, 1.82) is 0 Å². The number of amides is 1. The molecule has 0 saturated carbocycles. The SMILES string of the molecule is Cc1ccc(NC(=S)NC(=O)Cc2ccccc2)cc1F. The number of nitrogens with one attached hydrogen (secondary N) is 2. The Morgan fingerprint density at radius 2 is 1.90 bits per heavy atom. The van der Waals surface area contributed by atoms with Crippen molar-refractivity contribution in [3.8, 4) is 0 Å². The van der Waals surface area contributed by atoms with Gasteiger partial charge in [0.2, 0.25) is 5.91 Å². The number of hydrogen-bond acceptors (Lipinski definition) is 2. The standard InChI is InChI=1S/C16H15FN2OS/c1-11-7-8-13(10-14(11)17)18-16(21)19-15(20)9-12-5-3-2-4-6-12/h2-8,10H,9H2,1H3,(H2,18,19,20,21). The third kappa shape index (κ3) is 4.65. The first-order valence-electron chi connectivity index (χ1n) is 6.45. The molecule has 0 aliphatic heterocycles. The van der Waals surface area contributed by atoms with Gasteiger partial charge in [0, 0.05) is 5.69 Å². The molecule has 2 N–H and O–H groups in total. The predicted octanol–water partition coefficient (Wildman–Crippen LogP) is 3.19. The molecule has 0 bridgehead atoms. The Balaban J connectivity index is 1.89. The fourth-order valence-electron chi connectivity index (χ4n) is 1.79. The quantitative estimate of drug-likeness (QED) is 0.856. The number of rotatable bonds is 3. The second-order valence-electron chi connectivity index (χ2n) is 4.63. The van der Waals surface area contributed by atoms with E-state index in [1.54, 1.807) is 19.1 Å². The summed E-state index contributed by atoms with van der Waals surface area (Å²) >= 11 is 5.04. The molecule has 0 unspecified atom stereocenters. The summed E-state index contributed by atoms with van der Waals surface area (Å²) in [4.78, 5) is 11.8. The van der Waals surface area contributed by atoms with Gasteiger partial charge in [-0.2, -0.15) is 0 Å². The van der Waals surface area contributed by atoms with Crippen LogP contribution in [0.25, 0.3) is 0 Å². The Bertz CT molecular complexity index is 659. The fourth-order valence-corrected chi connectivity index (χ4v) is 2.02. The summed E-state index contributed by atoms with van der Waals surface area (Å²) < 4.78 is 13.4. The summed E-state index contributed by atoms with van der Waals surface area (Å²) in [5.41, 5.74) is 1.96. The highest BCUT2D eigenvalue weighted by atomic mass is 32.1. The van der Waals surface area contributed by atoms with Gasteiger partial charge in [-0.3, -0.25) is 4.79 Å². The molecular formula is C16H15FN2OS. The van der Waals surface area contributed by atoms with Gasteiger partial charge >= 0.3 is 0 Å². The second-order valence-corrected chi connectivity index (χ2v) is 5.04. The number of carbonyl (C=O) groups is 1. The van der Waals surface area contributed by atoms with E-state index >= 15 is 0 Å². The van der Waals surface area contributed by atoms with Crippen LogP contribution >= 0.6 is 12.2 Å². The molecule has 0 saturated heterocycles. The van der Waals surface area contributed by atoms with Crippen molar-refractivity contribution >= 4 is 28.9 Å². The number of carbonyl (C=O) groups excluding carboxylic acids is 1. The molecule has 21 heavy (non-hydrogen) atoms. The molecule has 0 aromatic heterocycles. The molecular weight excluding hydrogens is 287 g/mol. The van der Waals surface area contributed by atoms with Gasteiger partial charge in [0.1, 0.15) is 5.82 Å². The van der Waals surface area contributed by atoms with E-state index in [-0.39, 0.29) is 23.3 Å². The molecule has 2 aromatic rings. The number of aryl methyl sites for hydroxylation is 1. The number of halogens is 1. The van der Waals surface area contributed by atoms with Gasteiger partial charge in [-0.15, -0.1) is 0 Å². The third-order valence-corrected chi connectivity index (χ3v) is 3.09. The van der Waals surface area contributed by atoms with Crippen LogP contribution in [0.1, 0.15) is 11.1 Å². The summed E-state index contributed by atoms with van der Waals surface area (Å²) in [5, 5.41) is 5.51. The predicted molar refractivity (Wildman–Crippen MR) is 85.6 cm³/mol. The molecule has 0 heterocycles. The molecule has 0 atom stereocenters. The van der Waals surface area contributed by atoms with Crippen LogP contribution in [0, 0.1) is 12.7 Å². The highest BCUT2D eigenvalue weighted by Crippen LogP contribution is 2.13. The maximum Gasteiger partial charge on any atom is 0.230 e. The van der Waals surface area contributed by atoms with Crippen molar-refractivity contribution in [2.24, 2.45) is 0 Å². The molecule has 2 rings (SSSR count). The van der Waals surface area contributed by atoms with E-state index < -0.39 is 0 Å². The van der Waals surface area contributed by atoms with E-state index in [1.807, 2.05) is 30.3 Å². The third-order valence-electron chi connectivity index (χ3n) is 2.89. The molecule has 0 aliphatic rings. The summed E-state index contributed by atoms with van der Waals surface area (Å²) in [6.07, 6.45) is 0.241. The molecule has 0 fully saturated rings. The van der Waals surface area contributed by atoms with Crippen molar-refractivity contribution in [1.82, 2.24) is 5.32 Å². The number of anilines is 1. The average Bonchev–Trinajstić information content (AvgIpc) is 2.43. The first kappa shape index (κ1) is 15.1. The van der Waals surface area contributed by atoms with Crippen LogP contribution in [0.3, 0.4) is 0 Å². The molecule has 108 valence electrons. The first-order valence-corrected chi connectivity index (χ1v) is 6.86. The van der Waals surface area contributed by atoms with E-state index in [1.165, 1.54) is 6.07 Å². The molecule has 3 nitrogen and oxygen atoms in total. The van der Waals surface area contributed by atoms with Crippen molar-refractivity contribution in [2.75, 3.05) is 5.32 Å². The summed E-state index contributed by atoms with van der Waals surface area (Å²) in [6, 6.07) is 14.0. The van der Waals surface area contributed by atoms with Crippen LogP contribution in [0.15, 0.2) is 48.5 Å². The molecule has 1 amide bonds. The van der Waals surface area contributed by atoms with Crippen LogP contribution in [-0.4, -0.2) is 11.0 Å². The average molecular weight is 302 g/mol. The smallest absolute Gasteiger partial charge is 0.230 e. The van der Waals surface area contributed by atoms with Gasteiger partial charge in [-0.1, -0.05) is 36.4 Å². The van der Waals surface area contributed by atoms with Crippen LogP contribution in [-0.2, 0) is 11.2 Å². The Kier molecular flexibility index (Phi) is 5.00. The minimum Gasteiger partial charge on any atom is -0.332 e. The van der Waals surface area contributed by atoms with Crippen LogP contribution < -0.4 is 10.6 Å². The minimum atomic E-state index is -0.321. The van der Waals surface area contributed by atoms with Crippen LogP contribution in [0.2, 0.25) is 0 Å². The number of benzene rings is 2. The Morgan fingerprint density at radius 3 is 2.57 bits per heavy atom. The van der Waals surface area contributed by atoms with Crippen LogP contribution in [0.5, 0.6) is 0 Å². The summed E-state index contributed by atoms with van der Waals surface area (Å²) in [6.45, 7) is 1.68. The lowest BCUT2D eigenvalue weighted by atomic mass is 10.1. The molecule has 0 spiro atoms. The normalized spacial score (nSPS) is 10.0. The summed E-state index contributed by atoms with van der Waals surface area (Å²) in [5.74, 6) is -0.537. The zero-order chi connectivity index (χ0) is 15.2. The van der Waals surface area contributed by atoms with Crippen molar-refractivity contribution in [3.05, 3.63) is 65.5 Å². The first-order chi connectivity index (χ1) is 10.0. The Hall–Kier alpha value is -2.27. The highest BCUT2D eigenvalue weighted by molar-refractivity contribution is 7.80. The maximum absolute atomic E-state index is 13.4. The van der Waals surface area contributed by atoms with Crippen LogP contribution in [0.4, 0.5) is 10.1 Å². The largest absolute Gasteiger partial charge is 0.332 e. The van der Waals surface area contributed by atoms with Gasteiger partial charge in [0.05, 0.1) is 6.42 Å². The molecule has 0 radical (unpaired) electrons. The van der Waals surface area contributed by atoms with E-state index in [4.69, 9.17) is 12.2 Å². The molecule has 2 aromatic carbocycles. The Labute approximate surface area is 128 Å². The highest BCUT2D eigenvalue weighted by Gasteiger charge is 2.07. The van der Waals surface area contributed by atoms with Gasteiger partial charge in [-0.25, -0.2) is 4.39 Å². The topological polar surface area (TPSA) is 41.1 Å². The number of hydrogen-bond donors (Lipinski definition) is 2. The zero-order valence-electron chi connectivity index (χ0n) is 11.5. The van der Waals surface area contributed by atoms with Gasteiger partial charge in [0.15, 0.2) is 5.11 Å².